The van der Waals surface area contributed by atoms with E-state index < -0.39 is 49.5 Å². The second kappa shape index (κ2) is 35.1. The summed E-state index contributed by atoms with van der Waals surface area (Å²) in [6, 6.07) is -0.824. The minimum absolute atomic E-state index is 0.206. The smallest absolute Gasteiger partial charge is 0.220 e. The normalized spacial score (nSPS) is 22.2. The van der Waals surface area contributed by atoms with Crippen LogP contribution in [0.2, 0.25) is 0 Å². The van der Waals surface area contributed by atoms with Crippen molar-refractivity contribution in [1.82, 2.24) is 5.32 Å². The molecule has 1 fully saturated rings. The first-order valence-corrected chi connectivity index (χ1v) is 21.2. The molecule has 0 saturated carbocycles. The van der Waals surface area contributed by atoms with E-state index in [1.165, 1.54) is 51.4 Å². The van der Waals surface area contributed by atoms with Crippen molar-refractivity contribution >= 4 is 5.91 Å². The molecule has 1 rings (SSSR count). The van der Waals surface area contributed by atoms with Gasteiger partial charge in [0, 0.05) is 6.42 Å². The van der Waals surface area contributed by atoms with E-state index in [2.05, 4.69) is 79.9 Å². The number of ether oxygens (including phenoxy) is 2. The second-order valence-corrected chi connectivity index (χ2v) is 14.4. The first kappa shape index (κ1) is 49.6. The van der Waals surface area contributed by atoms with E-state index in [-0.39, 0.29) is 12.5 Å². The minimum atomic E-state index is -1.57. The molecule has 0 radical (unpaired) electrons. The maximum Gasteiger partial charge on any atom is 0.220 e. The van der Waals surface area contributed by atoms with Crippen LogP contribution in [0, 0.1) is 0 Å². The summed E-state index contributed by atoms with van der Waals surface area (Å²) in [7, 11) is 0. The summed E-state index contributed by atoms with van der Waals surface area (Å²) < 4.78 is 11.2. The van der Waals surface area contributed by atoms with Crippen molar-refractivity contribution in [2.24, 2.45) is 0 Å². The van der Waals surface area contributed by atoms with Gasteiger partial charge in [0.05, 0.1) is 25.4 Å². The average Bonchev–Trinajstić information content (AvgIpc) is 3.17. The van der Waals surface area contributed by atoms with Crippen LogP contribution in [0.3, 0.4) is 0 Å². The van der Waals surface area contributed by atoms with Gasteiger partial charge in [0.15, 0.2) is 6.29 Å². The van der Waals surface area contributed by atoms with Crippen LogP contribution in [0.5, 0.6) is 0 Å². The molecule has 0 aromatic heterocycles. The lowest BCUT2D eigenvalue weighted by Crippen LogP contribution is -2.60. The summed E-state index contributed by atoms with van der Waals surface area (Å²) in [6.07, 6.45) is 39.4. The number of carbonyl (C=O) groups excluding carboxylic acids is 1. The van der Waals surface area contributed by atoms with E-state index >= 15 is 0 Å². The van der Waals surface area contributed by atoms with Gasteiger partial charge in [-0.3, -0.25) is 4.79 Å². The largest absolute Gasteiger partial charge is 0.394 e. The van der Waals surface area contributed by atoms with Gasteiger partial charge in [0.1, 0.15) is 24.4 Å². The summed E-state index contributed by atoms with van der Waals surface area (Å²) >= 11 is 0. The molecule has 1 aliphatic rings. The van der Waals surface area contributed by atoms with Crippen LogP contribution in [-0.2, 0) is 14.3 Å². The van der Waals surface area contributed by atoms with Crippen molar-refractivity contribution in [3.8, 4) is 0 Å². The Balaban J connectivity index is 2.43. The van der Waals surface area contributed by atoms with Crippen LogP contribution in [0.15, 0.2) is 72.9 Å². The van der Waals surface area contributed by atoms with Crippen molar-refractivity contribution < 1.29 is 39.8 Å². The highest BCUT2D eigenvalue weighted by molar-refractivity contribution is 5.76. The standard InChI is InChI=1S/C45H77NO8/c1-3-5-7-9-11-13-15-17-18-19-20-21-22-23-25-27-29-31-33-35-41(49)46-38(37-53-45-44(52)43(51)42(50)40(36-47)54-45)39(48)34-32-30-28-26-24-16-14-12-10-8-6-4-2/h5,7,11,13,17-18,20-21,23,25,32,34,38-40,42-45,47-48,50-52H,3-4,6,8-10,12,14-16,19,22,24,26-31,33,35-37H2,1-2H3,(H,46,49)/b7-5-,13-11-,18-17-,21-20-,25-23-,34-32+. The number of aliphatic hydroxyl groups excluding tert-OH is 5. The molecule has 1 heterocycles. The first-order valence-electron chi connectivity index (χ1n) is 21.2. The Hall–Kier alpha value is -2.37. The molecule has 1 amide bonds. The average molecular weight is 760 g/mol. The van der Waals surface area contributed by atoms with Gasteiger partial charge in [-0.05, 0) is 64.2 Å². The van der Waals surface area contributed by atoms with Gasteiger partial charge in [0.25, 0.3) is 0 Å². The van der Waals surface area contributed by atoms with Crippen LogP contribution >= 0.6 is 0 Å². The van der Waals surface area contributed by atoms with Crippen LogP contribution in [0.25, 0.3) is 0 Å². The van der Waals surface area contributed by atoms with Crippen LogP contribution < -0.4 is 5.32 Å². The van der Waals surface area contributed by atoms with Gasteiger partial charge in [0.2, 0.25) is 5.91 Å². The number of hydrogen-bond acceptors (Lipinski definition) is 8. The summed E-state index contributed by atoms with van der Waals surface area (Å²) in [5.41, 5.74) is 0. The third-order valence-corrected chi connectivity index (χ3v) is 9.54. The monoisotopic (exact) mass is 760 g/mol. The van der Waals surface area contributed by atoms with Crippen LogP contribution in [-0.4, -0.2) is 87.5 Å². The number of hydrogen-bond donors (Lipinski definition) is 6. The van der Waals surface area contributed by atoms with E-state index in [4.69, 9.17) is 9.47 Å². The molecule has 1 aliphatic heterocycles. The molecule has 7 atom stereocenters. The molecule has 7 unspecified atom stereocenters. The fourth-order valence-corrected chi connectivity index (χ4v) is 6.12. The number of nitrogens with one attached hydrogen (secondary N) is 1. The van der Waals surface area contributed by atoms with Crippen LogP contribution in [0.4, 0.5) is 0 Å². The van der Waals surface area contributed by atoms with Gasteiger partial charge >= 0.3 is 0 Å². The first-order chi connectivity index (χ1) is 26.3. The van der Waals surface area contributed by atoms with E-state index in [0.717, 1.165) is 70.6 Å². The molecule has 1 saturated heterocycles. The lowest BCUT2D eigenvalue weighted by molar-refractivity contribution is -0.302. The van der Waals surface area contributed by atoms with Crippen molar-refractivity contribution in [2.75, 3.05) is 13.2 Å². The zero-order chi connectivity index (χ0) is 39.5. The van der Waals surface area contributed by atoms with Crippen molar-refractivity contribution in [1.29, 1.82) is 0 Å². The fraction of sp³-hybridized carbons (Fsp3) is 0.711. The molecular weight excluding hydrogens is 682 g/mol. The molecule has 0 aliphatic carbocycles. The maximum absolute atomic E-state index is 12.9. The minimum Gasteiger partial charge on any atom is -0.394 e. The van der Waals surface area contributed by atoms with Crippen molar-refractivity contribution in [3.05, 3.63) is 72.9 Å². The Morgan fingerprint density at radius 1 is 0.648 bits per heavy atom. The number of allylic oxidation sites excluding steroid dienone is 11. The molecular formula is C45H77NO8. The Kier molecular flexibility index (Phi) is 32.2. The summed E-state index contributed by atoms with van der Waals surface area (Å²) in [4.78, 5) is 12.9. The number of unbranched alkanes of at least 4 members (excludes halogenated alkanes) is 13. The molecule has 9 heteroatoms. The number of amides is 1. The summed E-state index contributed by atoms with van der Waals surface area (Å²) in [5.74, 6) is -0.213. The van der Waals surface area contributed by atoms with Gasteiger partial charge < -0.3 is 40.3 Å². The molecule has 0 aromatic carbocycles. The van der Waals surface area contributed by atoms with Crippen LogP contribution in [0.1, 0.15) is 149 Å². The molecule has 0 bridgehead atoms. The van der Waals surface area contributed by atoms with Gasteiger partial charge in [-0.25, -0.2) is 0 Å². The van der Waals surface area contributed by atoms with Gasteiger partial charge in [-0.15, -0.1) is 0 Å². The van der Waals surface area contributed by atoms with E-state index in [1.54, 1.807) is 6.08 Å². The fourth-order valence-electron chi connectivity index (χ4n) is 6.12. The highest BCUT2D eigenvalue weighted by Crippen LogP contribution is 2.22. The maximum atomic E-state index is 12.9. The third kappa shape index (κ3) is 25.7. The SMILES string of the molecule is CC/C=C\C/C=C\C/C=C\C/C=C\C/C=C\CCCCCC(=O)NC(COC1OC(CO)C(O)C(O)C1O)C(O)/C=C/CCCCCCCCCCCC. The molecule has 9 nitrogen and oxygen atoms in total. The van der Waals surface area contributed by atoms with E-state index in [9.17, 15) is 30.3 Å². The lowest BCUT2D eigenvalue weighted by Gasteiger charge is -2.40. The van der Waals surface area contributed by atoms with Crippen molar-refractivity contribution in [2.45, 2.75) is 192 Å². The molecule has 0 spiro atoms. The summed E-state index contributed by atoms with van der Waals surface area (Å²) in [6.45, 7) is 3.60. The lowest BCUT2D eigenvalue weighted by atomic mass is 9.99. The van der Waals surface area contributed by atoms with Crippen molar-refractivity contribution in [3.63, 3.8) is 0 Å². The molecule has 0 aromatic rings. The zero-order valence-corrected chi connectivity index (χ0v) is 33.7. The predicted octanol–water partition coefficient (Wildman–Crippen LogP) is 8.22. The number of aliphatic hydroxyl groups is 5. The predicted molar refractivity (Wildman–Crippen MR) is 221 cm³/mol. The third-order valence-electron chi connectivity index (χ3n) is 9.54. The Labute approximate surface area is 328 Å². The van der Waals surface area contributed by atoms with Gasteiger partial charge in [-0.2, -0.15) is 0 Å². The second-order valence-electron chi connectivity index (χ2n) is 14.4. The zero-order valence-electron chi connectivity index (χ0n) is 33.7. The highest BCUT2D eigenvalue weighted by Gasteiger charge is 2.44. The van der Waals surface area contributed by atoms with E-state index in [0.29, 0.717) is 12.8 Å². The molecule has 310 valence electrons. The Morgan fingerprint density at radius 2 is 1.15 bits per heavy atom. The van der Waals surface area contributed by atoms with E-state index in [1.807, 2.05) is 6.08 Å². The molecule has 54 heavy (non-hydrogen) atoms. The van der Waals surface area contributed by atoms with Gasteiger partial charge in [-0.1, -0.05) is 151 Å². The Morgan fingerprint density at radius 3 is 1.70 bits per heavy atom. The topological polar surface area (TPSA) is 149 Å². The molecule has 6 N–H and O–H groups in total. The number of rotatable bonds is 33. The number of carbonyl (C=O) groups is 1. The summed E-state index contributed by atoms with van der Waals surface area (Å²) in [5, 5.41) is 54.0. The quantitative estimate of drug-likeness (QED) is 0.0290. The Bertz CT molecular complexity index is 1070. The highest BCUT2D eigenvalue weighted by atomic mass is 16.7.